The Morgan fingerprint density at radius 3 is 2.60 bits per heavy atom. The van der Waals surface area contributed by atoms with Crippen LogP contribution in [0, 0.1) is 12.8 Å². The molecule has 0 saturated carbocycles. The number of ether oxygens (including phenoxy) is 1. The van der Waals surface area contributed by atoms with Crippen LogP contribution in [0.2, 0.25) is 0 Å². The van der Waals surface area contributed by atoms with Gasteiger partial charge in [0, 0.05) is 29.8 Å². The van der Waals surface area contributed by atoms with E-state index in [0.29, 0.717) is 17.9 Å². The Kier molecular flexibility index (Phi) is 6.33. The van der Waals surface area contributed by atoms with Crippen LogP contribution >= 0.6 is 11.3 Å². The number of nitrogens with zero attached hydrogens (tertiary/aromatic N) is 2. The summed E-state index contributed by atoms with van der Waals surface area (Å²) in [5, 5.41) is 5.96. The number of carbonyl (C=O) groups is 1. The molecule has 2 aromatic carbocycles. The first-order chi connectivity index (χ1) is 14.6. The van der Waals surface area contributed by atoms with Gasteiger partial charge in [-0.1, -0.05) is 19.1 Å². The zero-order valence-electron chi connectivity index (χ0n) is 17.4. The number of benzene rings is 2. The molecule has 6 heteroatoms. The highest BCUT2D eigenvalue weighted by Crippen LogP contribution is 2.25. The summed E-state index contributed by atoms with van der Waals surface area (Å²) in [6, 6.07) is 15.4. The predicted molar refractivity (Wildman–Crippen MR) is 123 cm³/mol. The third kappa shape index (κ3) is 5.00. The van der Waals surface area contributed by atoms with Gasteiger partial charge in [0.1, 0.15) is 12.4 Å². The van der Waals surface area contributed by atoms with Gasteiger partial charge in [-0.25, -0.2) is 4.98 Å². The Labute approximate surface area is 181 Å². The van der Waals surface area contributed by atoms with Crippen molar-refractivity contribution in [1.29, 1.82) is 0 Å². The predicted octanol–water partition coefficient (Wildman–Crippen LogP) is 5.52. The number of rotatable bonds is 6. The summed E-state index contributed by atoms with van der Waals surface area (Å²) in [5.74, 6) is 1.18. The number of amides is 1. The zero-order chi connectivity index (χ0) is 20.9. The first-order valence-corrected chi connectivity index (χ1v) is 11.3. The molecule has 0 atom stereocenters. The summed E-state index contributed by atoms with van der Waals surface area (Å²) < 4.78 is 5.88. The summed E-state index contributed by atoms with van der Waals surface area (Å²) in [4.78, 5) is 19.7. The Morgan fingerprint density at radius 1 is 1.17 bits per heavy atom. The SMILES string of the molecule is Cc1nc(COc2ccccc2C(=O)Nc2ccc(N3CCC(C)CC3)cc2)cs1. The van der Waals surface area contributed by atoms with Crippen LogP contribution in [0.5, 0.6) is 5.75 Å². The fourth-order valence-corrected chi connectivity index (χ4v) is 4.22. The summed E-state index contributed by atoms with van der Waals surface area (Å²) in [6.45, 7) is 6.81. The van der Waals surface area contributed by atoms with Gasteiger partial charge in [0.25, 0.3) is 5.91 Å². The van der Waals surface area contributed by atoms with Gasteiger partial charge in [-0.2, -0.15) is 0 Å². The maximum Gasteiger partial charge on any atom is 0.259 e. The molecule has 0 radical (unpaired) electrons. The van der Waals surface area contributed by atoms with E-state index in [1.54, 1.807) is 17.4 Å². The molecule has 0 bridgehead atoms. The molecule has 0 spiro atoms. The van der Waals surface area contributed by atoms with Crippen molar-refractivity contribution in [3.8, 4) is 5.75 Å². The maximum atomic E-state index is 12.9. The molecule has 2 heterocycles. The number of nitrogens with one attached hydrogen (secondary N) is 1. The molecule has 30 heavy (non-hydrogen) atoms. The van der Waals surface area contributed by atoms with Gasteiger partial charge in [-0.05, 0) is 62.1 Å². The van der Waals surface area contributed by atoms with Crippen LogP contribution in [-0.4, -0.2) is 24.0 Å². The molecule has 1 aliphatic heterocycles. The van der Waals surface area contributed by atoms with Gasteiger partial charge in [0.05, 0.1) is 16.3 Å². The second kappa shape index (κ2) is 9.30. The van der Waals surface area contributed by atoms with Crippen molar-refractivity contribution in [2.75, 3.05) is 23.3 Å². The Bertz CT molecular complexity index is 992. The highest BCUT2D eigenvalue weighted by molar-refractivity contribution is 7.09. The summed E-state index contributed by atoms with van der Waals surface area (Å²) in [6.07, 6.45) is 2.46. The lowest BCUT2D eigenvalue weighted by Gasteiger charge is -2.32. The van der Waals surface area contributed by atoms with E-state index in [2.05, 4.69) is 34.3 Å². The topological polar surface area (TPSA) is 54.5 Å². The van der Waals surface area contributed by atoms with Crippen molar-refractivity contribution >= 4 is 28.6 Å². The number of thiazole rings is 1. The summed E-state index contributed by atoms with van der Waals surface area (Å²) in [7, 11) is 0. The van der Waals surface area contributed by atoms with Gasteiger partial charge in [-0.15, -0.1) is 11.3 Å². The smallest absolute Gasteiger partial charge is 0.259 e. The molecule has 5 nitrogen and oxygen atoms in total. The third-order valence-electron chi connectivity index (χ3n) is 5.45. The molecule has 1 saturated heterocycles. The number of carbonyl (C=O) groups excluding carboxylic acids is 1. The van der Waals surface area contributed by atoms with Crippen LogP contribution in [0.1, 0.15) is 40.8 Å². The van der Waals surface area contributed by atoms with Crippen molar-refractivity contribution in [3.05, 3.63) is 70.2 Å². The van der Waals surface area contributed by atoms with Crippen LogP contribution in [0.25, 0.3) is 0 Å². The van der Waals surface area contributed by atoms with Crippen molar-refractivity contribution < 1.29 is 9.53 Å². The van der Waals surface area contributed by atoms with E-state index in [9.17, 15) is 4.79 Å². The lowest BCUT2D eigenvalue weighted by Crippen LogP contribution is -2.32. The molecule has 1 aliphatic rings. The number of piperidine rings is 1. The van der Waals surface area contributed by atoms with Crippen molar-refractivity contribution in [2.45, 2.75) is 33.3 Å². The van der Waals surface area contributed by atoms with Crippen LogP contribution in [0.3, 0.4) is 0 Å². The molecule has 3 aromatic rings. The first-order valence-electron chi connectivity index (χ1n) is 10.4. The zero-order valence-corrected chi connectivity index (χ0v) is 18.2. The second-order valence-electron chi connectivity index (χ2n) is 7.81. The number of aryl methyl sites for hydroxylation is 1. The van der Waals surface area contributed by atoms with Gasteiger partial charge in [0.2, 0.25) is 0 Å². The standard InChI is InChI=1S/C24H27N3O2S/c1-17-11-13-27(14-12-17)21-9-7-19(8-10-21)26-24(28)22-5-3-4-6-23(22)29-15-20-16-30-18(2)25-20/h3-10,16-17H,11-15H2,1-2H3,(H,26,28). The average molecular weight is 422 g/mol. The Balaban J connectivity index is 1.40. The van der Waals surface area contributed by atoms with Gasteiger partial charge >= 0.3 is 0 Å². The van der Waals surface area contributed by atoms with Crippen LogP contribution in [0.15, 0.2) is 53.9 Å². The number of hydrogen-bond acceptors (Lipinski definition) is 5. The Hall–Kier alpha value is -2.86. The molecule has 0 aliphatic carbocycles. The van der Waals surface area contributed by atoms with E-state index in [1.807, 2.05) is 42.6 Å². The largest absolute Gasteiger partial charge is 0.486 e. The van der Waals surface area contributed by atoms with E-state index in [4.69, 9.17) is 4.74 Å². The third-order valence-corrected chi connectivity index (χ3v) is 6.27. The van der Waals surface area contributed by atoms with Gasteiger partial charge < -0.3 is 15.0 Å². The van der Waals surface area contributed by atoms with Gasteiger partial charge in [0.15, 0.2) is 0 Å². The van der Waals surface area contributed by atoms with E-state index in [-0.39, 0.29) is 5.91 Å². The molecule has 1 aromatic heterocycles. The molecule has 156 valence electrons. The van der Waals surface area contributed by atoms with Crippen LogP contribution in [-0.2, 0) is 6.61 Å². The molecule has 1 fully saturated rings. The van der Waals surface area contributed by atoms with Crippen molar-refractivity contribution in [1.82, 2.24) is 4.98 Å². The molecular weight excluding hydrogens is 394 g/mol. The summed E-state index contributed by atoms with van der Waals surface area (Å²) >= 11 is 1.59. The molecule has 4 rings (SSSR count). The minimum Gasteiger partial charge on any atom is -0.486 e. The van der Waals surface area contributed by atoms with E-state index in [1.165, 1.54) is 18.5 Å². The first kappa shape index (κ1) is 20.4. The fourth-order valence-electron chi connectivity index (χ4n) is 3.63. The minimum absolute atomic E-state index is 0.181. The molecule has 1 amide bonds. The van der Waals surface area contributed by atoms with Gasteiger partial charge in [-0.3, -0.25) is 4.79 Å². The Morgan fingerprint density at radius 2 is 1.90 bits per heavy atom. The minimum atomic E-state index is -0.181. The highest BCUT2D eigenvalue weighted by atomic mass is 32.1. The number of anilines is 2. The van der Waals surface area contributed by atoms with E-state index in [0.717, 1.165) is 35.4 Å². The monoisotopic (exact) mass is 421 g/mol. The normalized spacial score (nSPS) is 14.5. The average Bonchev–Trinajstić information content (AvgIpc) is 3.19. The summed E-state index contributed by atoms with van der Waals surface area (Å²) in [5.41, 5.74) is 3.37. The molecule has 0 unspecified atom stereocenters. The van der Waals surface area contributed by atoms with Crippen molar-refractivity contribution in [3.63, 3.8) is 0 Å². The molecular formula is C24H27N3O2S. The van der Waals surface area contributed by atoms with Crippen molar-refractivity contribution in [2.24, 2.45) is 5.92 Å². The maximum absolute atomic E-state index is 12.9. The number of para-hydroxylation sites is 1. The lowest BCUT2D eigenvalue weighted by molar-refractivity contribution is 0.102. The van der Waals surface area contributed by atoms with Crippen LogP contribution in [0.4, 0.5) is 11.4 Å². The quantitative estimate of drug-likeness (QED) is 0.569. The lowest BCUT2D eigenvalue weighted by atomic mass is 9.99. The van der Waals surface area contributed by atoms with E-state index >= 15 is 0 Å². The second-order valence-corrected chi connectivity index (χ2v) is 8.88. The van der Waals surface area contributed by atoms with E-state index < -0.39 is 0 Å². The highest BCUT2D eigenvalue weighted by Gasteiger charge is 2.17. The number of hydrogen-bond donors (Lipinski definition) is 1. The molecule has 1 N–H and O–H groups in total. The number of aromatic nitrogens is 1. The van der Waals surface area contributed by atoms with Crippen LogP contribution < -0.4 is 15.0 Å². The fraction of sp³-hybridized carbons (Fsp3) is 0.333.